The number of halogens is 2. The molecule has 2 aromatic rings. The largest absolute Gasteiger partial charge is 0.494 e. The zero-order chi connectivity index (χ0) is 14.9. The zero-order valence-corrected chi connectivity index (χ0v) is 11.6. The van der Waals surface area contributed by atoms with Gasteiger partial charge in [0.25, 0.3) is 0 Å². The molecule has 0 fully saturated rings. The Morgan fingerprint density at radius 1 is 1.05 bits per heavy atom. The van der Waals surface area contributed by atoms with Crippen LogP contribution >= 0.6 is 0 Å². The van der Waals surface area contributed by atoms with Gasteiger partial charge in [0, 0.05) is 5.56 Å². The molecule has 0 bridgehead atoms. The molecular weight excluding hydrogens is 262 g/mol. The molecule has 0 spiro atoms. The summed E-state index contributed by atoms with van der Waals surface area (Å²) in [7, 11) is 1.34. The first-order valence-corrected chi connectivity index (χ1v) is 6.22. The minimum atomic E-state index is -1.16. The van der Waals surface area contributed by atoms with Crippen LogP contribution in [0.3, 0.4) is 0 Å². The lowest BCUT2D eigenvalue weighted by Crippen LogP contribution is -2.06. The average Bonchev–Trinajstić information content (AvgIpc) is 2.37. The summed E-state index contributed by atoms with van der Waals surface area (Å²) in [6.07, 6.45) is -1.16. The number of ether oxygens (including phenoxy) is 1. The standard InChI is InChI=1S/C16H16F2O2/c1-9-6-10(2)15(13(18)7-9)16(19)11-4-5-12(17)14(8-11)20-3/h4-8,16,19H,1-3H3. The lowest BCUT2D eigenvalue weighted by atomic mass is 9.95. The van der Waals surface area contributed by atoms with Gasteiger partial charge in [0.2, 0.25) is 0 Å². The Hall–Kier alpha value is -1.94. The Morgan fingerprint density at radius 3 is 2.35 bits per heavy atom. The molecule has 0 aromatic heterocycles. The Kier molecular flexibility index (Phi) is 4.04. The van der Waals surface area contributed by atoms with Gasteiger partial charge in [-0.3, -0.25) is 0 Å². The highest BCUT2D eigenvalue weighted by Crippen LogP contribution is 2.30. The third-order valence-corrected chi connectivity index (χ3v) is 3.25. The molecule has 0 aliphatic heterocycles. The minimum Gasteiger partial charge on any atom is -0.494 e. The molecule has 0 amide bonds. The quantitative estimate of drug-likeness (QED) is 0.928. The van der Waals surface area contributed by atoms with Crippen molar-refractivity contribution in [1.29, 1.82) is 0 Å². The van der Waals surface area contributed by atoms with Crippen LogP contribution in [0, 0.1) is 25.5 Å². The van der Waals surface area contributed by atoms with Crippen LogP contribution in [0.25, 0.3) is 0 Å². The molecule has 0 saturated heterocycles. The Morgan fingerprint density at radius 2 is 1.75 bits per heavy atom. The van der Waals surface area contributed by atoms with Crippen molar-refractivity contribution < 1.29 is 18.6 Å². The molecular formula is C16H16F2O2. The molecule has 0 aliphatic carbocycles. The Labute approximate surface area is 116 Å². The maximum atomic E-state index is 14.0. The fourth-order valence-corrected chi connectivity index (χ4v) is 2.29. The highest BCUT2D eigenvalue weighted by molar-refractivity contribution is 5.41. The van der Waals surface area contributed by atoms with Crippen LogP contribution in [0.1, 0.15) is 28.4 Å². The Bertz CT molecular complexity index is 615. The van der Waals surface area contributed by atoms with Gasteiger partial charge in [-0.1, -0.05) is 12.1 Å². The average molecular weight is 278 g/mol. The van der Waals surface area contributed by atoms with Gasteiger partial charge in [-0.2, -0.15) is 0 Å². The maximum Gasteiger partial charge on any atom is 0.165 e. The summed E-state index contributed by atoms with van der Waals surface area (Å²) >= 11 is 0. The number of rotatable bonds is 3. The minimum absolute atomic E-state index is 0.0201. The number of hydrogen-bond acceptors (Lipinski definition) is 2. The summed E-state index contributed by atoms with van der Waals surface area (Å²) in [5.74, 6) is -0.977. The van der Waals surface area contributed by atoms with Gasteiger partial charge >= 0.3 is 0 Å². The summed E-state index contributed by atoms with van der Waals surface area (Å²) in [6.45, 7) is 3.52. The number of aliphatic hydroxyl groups is 1. The number of aliphatic hydroxyl groups excluding tert-OH is 1. The predicted octanol–water partition coefficient (Wildman–Crippen LogP) is 3.67. The first-order chi connectivity index (χ1) is 9.43. The van der Waals surface area contributed by atoms with Crippen LogP contribution in [0.2, 0.25) is 0 Å². The van der Waals surface area contributed by atoms with E-state index < -0.39 is 17.7 Å². The molecule has 2 aromatic carbocycles. The predicted molar refractivity (Wildman–Crippen MR) is 72.9 cm³/mol. The van der Waals surface area contributed by atoms with Crippen LogP contribution in [0.4, 0.5) is 8.78 Å². The second-order valence-corrected chi connectivity index (χ2v) is 4.77. The highest BCUT2D eigenvalue weighted by atomic mass is 19.1. The lowest BCUT2D eigenvalue weighted by Gasteiger charge is -2.16. The molecule has 0 heterocycles. The van der Waals surface area contributed by atoms with Crippen molar-refractivity contribution in [2.24, 2.45) is 0 Å². The molecule has 2 rings (SSSR count). The van der Waals surface area contributed by atoms with Gasteiger partial charge in [0.15, 0.2) is 11.6 Å². The number of methoxy groups -OCH3 is 1. The first-order valence-electron chi connectivity index (χ1n) is 6.22. The molecule has 0 saturated carbocycles. The zero-order valence-electron chi connectivity index (χ0n) is 11.6. The summed E-state index contributed by atoms with van der Waals surface area (Å²) in [5.41, 5.74) is 2.02. The SMILES string of the molecule is COc1cc(C(O)c2c(C)cc(C)cc2F)ccc1F. The van der Waals surface area contributed by atoms with E-state index in [-0.39, 0.29) is 11.3 Å². The molecule has 20 heavy (non-hydrogen) atoms. The van der Waals surface area contributed by atoms with E-state index in [1.807, 2.05) is 0 Å². The van der Waals surface area contributed by atoms with E-state index in [0.29, 0.717) is 11.1 Å². The van der Waals surface area contributed by atoms with Gasteiger partial charge in [-0.05, 0) is 48.7 Å². The molecule has 1 unspecified atom stereocenters. The van der Waals surface area contributed by atoms with Crippen LogP contribution in [0.5, 0.6) is 5.75 Å². The smallest absolute Gasteiger partial charge is 0.165 e. The van der Waals surface area contributed by atoms with Crippen molar-refractivity contribution in [3.63, 3.8) is 0 Å². The van der Waals surface area contributed by atoms with E-state index in [2.05, 4.69) is 0 Å². The van der Waals surface area contributed by atoms with Crippen LogP contribution in [0.15, 0.2) is 30.3 Å². The monoisotopic (exact) mass is 278 g/mol. The van der Waals surface area contributed by atoms with E-state index in [1.54, 1.807) is 19.9 Å². The number of benzene rings is 2. The molecule has 0 aliphatic rings. The van der Waals surface area contributed by atoms with Gasteiger partial charge in [-0.15, -0.1) is 0 Å². The topological polar surface area (TPSA) is 29.5 Å². The van der Waals surface area contributed by atoms with Crippen molar-refractivity contribution in [2.75, 3.05) is 7.11 Å². The molecule has 1 N–H and O–H groups in total. The normalized spacial score (nSPS) is 12.3. The first kappa shape index (κ1) is 14.5. The van der Waals surface area contributed by atoms with Gasteiger partial charge in [0.05, 0.1) is 7.11 Å². The van der Waals surface area contributed by atoms with Gasteiger partial charge in [-0.25, -0.2) is 8.78 Å². The fourth-order valence-electron chi connectivity index (χ4n) is 2.29. The second kappa shape index (κ2) is 5.59. The van der Waals surface area contributed by atoms with Crippen molar-refractivity contribution in [1.82, 2.24) is 0 Å². The van der Waals surface area contributed by atoms with Crippen LogP contribution in [-0.2, 0) is 0 Å². The summed E-state index contributed by atoms with van der Waals surface area (Å²) < 4.78 is 32.3. The summed E-state index contributed by atoms with van der Waals surface area (Å²) in [4.78, 5) is 0. The van der Waals surface area contributed by atoms with E-state index in [4.69, 9.17) is 4.74 Å². The second-order valence-electron chi connectivity index (χ2n) is 4.77. The maximum absolute atomic E-state index is 14.0. The van der Waals surface area contributed by atoms with Crippen molar-refractivity contribution in [3.8, 4) is 5.75 Å². The molecule has 4 heteroatoms. The highest BCUT2D eigenvalue weighted by Gasteiger charge is 2.19. The molecule has 1 atom stereocenters. The van der Waals surface area contributed by atoms with Gasteiger partial charge < -0.3 is 9.84 Å². The van der Waals surface area contributed by atoms with E-state index in [0.717, 1.165) is 5.56 Å². The molecule has 2 nitrogen and oxygen atoms in total. The number of hydrogen-bond donors (Lipinski definition) is 1. The number of aryl methyl sites for hydroxylation is 2. The fraction of sp³-hybridized carbons (Fsp3) is 0.250. The van der Waals surface area contributed by atoms with E-state index in [9.17, 15) is 13.9 Å². The van der Waals surface area contributed by atoms with Crippen molar-refractivity contribution in [2.45, 2.75) is 20.0 Å². The van der Waals surface area contributed by atoms with Gasteiger partial charge in [0.1, 0.15) is 11.9 Å². The summed E-state index contributed by atoms with van der Waals surface area (Å²) in [5, 5.41) is 10.3. The molecule has 0 radical (unpaired) electrons. The van der Waals surface area contributed by atoms with E-state index >= 15 is 0 Å². The van der Waals surface area contributed by atoms with Crippen LogP contribution in [-0.4, -0.2) is 12.2 Å². The Balaban J connectivity index is 2.49. The third kappa shape index (κ3) is 2.65. The molecule has 106 valence electrons. The summed E-state index contributed by atoms with van der Waals surface area (Å²) in [6, 6.07) is 7.15. The lowest BCUT2D eigenvalue weighted by molar-refractivity contribution is 0.213. The van der Waals surface area contributed by atoms with E-state index in [1.165, 1.54) is 31.4 Å². The van der Waals surface area contributed by atoms with Crippen molar-refractivity contribution in [3.05, 3.63) is 64.2 Å². The van der Waals surface area contributed by atoms with Crippen LogP contribution < -0.4 is 4.74 Å². The third-order valence-electron chi connectivity index (χ3n) is 3.25. The van der Waals surface area contributed by atoms with Crippen molar-refractivity contribution >= 4 is 0 Å².